The van der Waals surface area contributed by atoms with Crippen molar-refractivity contribution in [3.63, 3.8) is 0 Å². The predicted molar refractivity (Wildman–Crippen MR) is 94.2 cm³/mol. The number of hydrogen-bond acceptors (Lipinski definition) is 5. The molecule has 0 fully saturated rings. The number of nitrogens with one attached hydrogen (secondary N) is 1. The van der Waals surface area contributed by atoms with Crippen molar-refractivity contribution in [2.24, 2.45) is 0 Å². The molecule has 148 valence electrons. The monoisotopic (exact) mass is 394 g/mol. The molecule has 0 bridgehead atoms. The topological polar surface area (TPSA) is 77.8 Å². The van der Waals surface area contributed by atoms with Gasteiger partial charge in [-0.25, -0.2) is 9.50 Å². The number of aromatic nitrogens is 3. The zero-order chi connectivity index (χ0) is 20.3. The maximum Gasteiger partial charge on any atom is 0.433 e. The Morgan fingerprint density at radius 2 is 1.93 bits per heavy atom. The molecular formula is C18H17F3N4O3. The molecule has 7 nitrogen and oxygen atoms in total. The molecule has 2 heterocycles. The van der Waals surface area contributed by atoms with Gasteiger partial charge in [-0.05, 0) is 30.3 Å². The van der Waals surface area contributed by atoms with Gasteiger partial charge in [0.2, 0.25) is 0 Å². The van der Waals surface area contributed by atoms with Crippen LogP contribution < -0.4 is 10.1 Å². The number of halogens is 3. The fraction of sp³-hybridized carbons (Fsp3) is 0.278. The Morgan fingerprint density at radius 3 is 2.54 bits per heavy atom. The van der Waals surface area contributed by atoms with Crippen LogP contribution in [0.5, 0.6) is 5.75 Å². The van der Waals surface area contributed by atoms with Crippen LogP contribution >= 0.6 is 0 Å². The number of ether oxygens (including phenoxy) is 2. The first-order valence-corrected chi connectivity index (χ1v) is 8.22. The van der Waals surface area contributed by atoms with Gasteiger partial charge < -0.3 is 14.8 Å². The van der Waals surface area contributed by atoms with Crippen molar-refractivity contribution in [3.05, 3.63) is 47.8 Å². The summed E-state index contributed by atoms with van der Waals surface area (Å²) in [4.78, 5) is 16.6. The Morgan fingerprint density at radius 1 is 1.21 bits per heavy atom. The second-order valence-electron chi connectivity index (χ2n) is 5.80. The third-order valence-corrected chi connectivity index (χ3v) is 3.98. The molecule has 0 atom stereocenters. The summed E-state index contributed by atoms with van der Waals surface area (Å²) in [5.41, 5.74) is -0.763. The van der Waals surface area contributed by atoms with Gasteiger partial charge in [0.15, 0.2) is 11.3 Å². The lowest BCUT2D eigenvalue weighted by Crippen LogP contribution is -2.27. The lowest BCUT2D eigenvalue weighted by molar-refractivity contribution is -0.142. The average Bonchev–Trinajstić information content (AvgIpc) is 3.10. The summed E-state index contributed by atoms with van der Waals surface area (Å²) in [6.45, 7) is 0.472. The summed E-state index contributed by atoms with van der Waals surface area (Å²) in [6, 6.07) is 7.31. The predicted octanol–water partition coefficient (Wildman–Crippen LogP) is 2.80. The molecule has 10 heteroatoms. The highest BCUT2D eigenvalue weighted by atomic mass is 19.4. The normalized spacial score (nSPS) is 11.6. The van der Waals surface area contributed by atoms with Gasteiger partial charge in [-0.3, -0.25) is 4.79 Å². The molecule has 1 aromatic carbocycles. The fourth-order valence-electron chi connectivity index (χ4n) is 2.60. The van der Waals surface area contributed by atoms with Crippen molar-refractivity contribution in [2.75, 3.05) is 27.4 Å². The zero-order valence-corrected chi connectivity index (χ0v) is 15.1. The van der Waals surface area contributed by atoms with E-state index in [2.05, 4.69) is 15.4 Å². The third-order valence-electron chi connectivity index (χ3n) is 3.98. The molecule has 0 radical (unpaired) electrons. The standard InChI is InChI=1S/C18H17F3N4O3/c1-27-8-7-22-17(26)13-10-23-25-15(18(19,20)21)9-14(24-16(13)25)11-3-5-12(28-2)6-4-11/h3-6,9-10H,7-8H2,1-2H3,(H,22,26). The second kappa shape index (κ2) is 7.85. The van der Waals surface area contributed by atoms with Gasteiger partial charge in [0.1, 0.15) is 11.3 Å². The summed E-state index contributed by atoms with van der Waals surface area (Å²) in [5, 5.41) is 6.27. The van der Waals surface area contributed by atoms with E-state index in [9.17, 15) is 18.0 Å². The van der Waals surface area contributed by atoms with E-state index in [4.69, 9.17) is 9.47 Å². The molecule has 0 aliphatic heterocycles. The highest BCUT2D eigenvalue weighted by molar-refractivity contribution is 5.99. The largest absolute Gasteiger partial charge is 0.497 e. The number of amides is 1. The number of methoxy groups -OCH3 is 2. The van der Waals surface area contributed by atoms with E-state index in [0.29, 0.717) is 15.8 Å². The third kappa shape index (κ3) is 3.91. The summed E-state index contributed by atoms with van der Waals surface area (Å²) in [6.07, 6.45) is -3.62. The molecule has 0 saturated carbocycles. The number of benzene rings is 1. The van der Waals surface area contributed by atoms with Gasteiger partial charge in [-0.15, -0.1) is 0 Å². The summed E-state index contributed by atoms with van der Waals surface area (Å²) in [5.74, 6) is -0.0250. The number of carbonyl (C=O) groups is 1. The fourth-order valence-corrected chi connectivity index (χ4v) is 2.60. The first-order chi connectivity index (χ1) is 13.3. The van der Waals surface area contributed by atoms with E-state index >= 15 is 0 Å². The van der Waals surface area contributed by atoms with Crippen LogP contribution in [0, 0.1) is 0 Å². The Hall–Kier alpha value is -3.14. The smallest absolute Gasteiger partial charge is 0.433 e. The lowest BCUT2D eigenvalue weighted by Gasteiger charge is -2.12. The summed E-state index contributed by atoms with van der Waals surface area (Å²) >= 11 is 0. The van der Waals surface area contributed by atoms with Crippen molar-refractivity contribution in [1.82, 2.24) is 19.9 Å². The molecule has 1 amide bonds. The number of fused-ring (bicyclic) bond motifs is 1. The van der Waals surface area contributed by atoms with Crippen LogP contribution in [-0.2, 0) is 10.9 Å². The molecule has 28 heavy (non-hydrogen) atoms. The number of rotatable bonds is 6. The van der Waals surface area contributed by atoms with Crippen LogP contribution in [0.1, 0.15) is 16.1 Å². The first kappa shape index (κ1) is 19.6. The average molecular weight is 394 g/mol. The number of nitrogens with zero attached hydrogens (tertiary/aromatic N) is 3. The van der Waals surface area contributed by atoms with E-state index in [1.165, 1.54) is 14.2 Å². The molecule has 0 aliphatic rings. The van der Waals surface area contributed by atoms with E-state index < -0.39 is 17.8 Å². The van der Waals surface area contributed by atoms with Gasteiger partial charge >= 0.3 is 6.18 Å². The van der Waals surface area contributed by atoms with Crippen molar-refractivity contribution in [3.8, 4) is 17.0 Å². The quantitative estimate of drug-likeness (QED) is 0.651. The highest BCUT2D eigenvalue weighted by Gasteiger charge is 2.36. The molecule has 0 aliphatic carbocycles. The van der Waals surface area contributed by atoms with Crippen molar-refractivity contribution >= 4 is 11.6 Å². The van der Waals surface area contributed by atoms with Crippen LogP contribution in [0.15, 0.2) is 36.5 Å². The lowest BCUT2D eigenvalue weighted by atomic mass is 10.1. The van der Waals surface area contributed by atoms with Gasteiger partial charge in [0.05, 0.1) is 25.6 Å². The Kier molecular flexibility index (Phi) is 5.50. The Bertz CT molecular complexity index is 984. The first-order valence-electron chi connectivity index (χ1n) is 8.22. The van der Waals surface area contributed by atoms with Crippen LogP contribution in [0.4, 0.5) is 13.2 Å². The van der Waals surface area contributed by atoms with Gasteiger partial charge in [-0.2, -0.15) is 18.3 Å². The van der Waals surface area contributed by atoms with E-state index in [0.717, 1.165) is 12.3 Å². The Labute approximate surface area is 158 Å². The summed E-state index contributed by atoms with van der Waals surface area (Å²) in [7, 11) is 2.96. The SMILES string of the molecule is COCCNC(=O)c1cnn2c(C(F)(F)F)cc(-c3ccc(OC)cc3)nc12. The van der Waals surface area contributed by atoms with Crippen molar-refractivity contribution in [1.29, 1.82) is 0 Å². The molecule has 1 N–H and O–H groups in total. The molecule has 3 aromatic rings. The highest BCUT2D eigenvalue weighted by Crippen LogP contribution is 2.33. The molecule has 0 spiro atoms. The zero-order valence-electron chi connectivity index (χ0n) is 15.1. The minimum atomic E-state index is -4.68. The number of alkyl halides is 3. The number of hydrogen-bond donors (Lipinski definition) is 1. The van der Waals surface area contributed by atoms with Crippen LogP contribution in [0.25, 0.3) is 16.9 Å². The minimum absolute atomic E-state index is 0.0584. The molecule has 3 rings (SSSR count). The maximum atomic E-state index is 13.6. The van der Waals surface area contributed by atoms with Crippen LogP contribution in [-0.4, -0.2) is 47.9 Å². The second-order valence-corrected chi connectivity index (χ2v) is 5.80. The number of carbonyl (C=O) groups excluding carboxylic acids is 1. The van der Waals surface area contributed by atoms with Crippen LogP contribution in [0.3, 0.4) is 0 Å². The molecular weight excluding hydrogens is 377 g/mol. The Balaban J connectivity index is 2.12. The van der Waals surface area contributed by atoms with Crippen LogP contribution in [0.2, 0.25) is 0 Å². The van der Waals surface area contributed by atoms with Gasteiger partial charge in [-0.1, -0.05) is 0 Å². The minimum Gasteiger partial charge on any atom is -0.497 e. The molecule has 2 aromatic heterocycles. The van der Waals surface area contributed by atoms with Gasteiger partial charge in [0.25, 0.3) is 5.91 Å². The summed E-state index contributed by atoms with van der Waals surface area (Å²) < 4.78 is 51.2. The van der Waals surface area contributed by atoms with Gasteiger partial charge in [0, 0.05) is 19.2 Å². The molecule has 0 unspecified atom stereocenters. The van der Waals surface area contributed by atoms with E-state index in [-0.39, 0.29) is 30.1 Å². The maximum absolute atomic E-state index is 13.6. The molecule has 0 saturated heterocycles. The van der Waals surface area contributed by atoms with Crippen molar-refractivity contribution < 1.29 is 27.4 Å². The van der Waals surface area contributed by atoms with Crippen molar-refractivity contribution in [2.45, 2.75) is 6.18 Å². The van der Waals surface area contributed by atoms with E-state index in [1.54, 1.807) is 24.3 Å². The van der Waals surface area contributed by atoms with E-state index in [1.807, 2.05) is 0 Å².